The van der Waals surface area contributed by atoms with Crippen LogP contribution in [0.2, 0.25) is 0 Å². The Kier molecular flexibility index (Phi) is 4.49. The second-order valence-electron chi connectivity index (χ2n) is 5.77. The van der Waals surface area contributed by atoms with Crippen LogP contribution < -0.4 is 10.6 Å². The predicted molar refractivity (Wildman–Crippen MR) is 85.2 cm³/mol. The smallest absolute Gasteiger partial charge is 0.318 e. The van der Waals surface area contributed by atoms with Crippen LogP contribution in [0, 0.1) is 0 Å². The highest BCUT2D eigenvalue weighted by Crippen LogP contribution is 2.53. The topological polar surface area (TPSA) is 61.4 Å². The molecule has 2 N–H and O–H groups in total. The number of nitrogens with one attached hydrogen (secondary N) is 2. The molecule has 2 fully saturated rings. The van der Waals surface area contributed by atoms with Crippen molar-refractivity contribution in [3.63, 3.8) is 0 Å². The first-order valence-corrected chi connectivity index (χ1v) is 8.45. The van der Waals surface area contributed by atoms with E-state index in [1.165, 1.54) is 0 Å². The van der Waals surface area contributed by atoms with Gasteiger partial charge in [-0.2, -0.15) is 11.8 Å². The number of fused-ring (bicyclic) bond motifs is 1. The highest BCUT2D eigenvalue weighted by molar-refractivity contribution is 8.01. The summed E-state index contributed by atoms with van der Waals surface area (Å²) in [5.74, 6) is 0.969. The lowest BCUT2D eigenvalue weighted by molar-refractivity contribution is -0.120. The maximum atomic E-state index is 11.9. The maximum absolute atomic E-state index is 11.9. The molecule has 2 rings (SSSR count). The van der Waals surface area contributed by atoms with E-state index in [9.17, 15) is 9.59 Å². The van der Waals surface area contributed by atoms with Crippen molar-refractivity contribution in [2.45, 2.75) is 48.3 Å². The third-order valence-electron chi connectivity index (χ3n) is 4.43. The summed E-state index contributed by atoms with van der Waals surface area (Å²) >= 11 is 6.75. The van der Waals surface area contributed by atoms with Gasteiger partial charge in [0.2, 0.25) is 5.91 Å². The van der Waals surface area contributed by atoms with E-state index < -0.39 is 4.87 Å². The van der Waals surface area contributed by atoms with E-state index in [0.29, 0.717) is 11.7 Å². The summed E-state index contributed by atoms with van der Waals surface area (Å²) in [7, 11) is 3.48. The molecule has 20 heavy (non-hydrogen) atoms. The minimum absolute atomic E-state index is 0.0434. The number of thiol groups is 1. The Morgan fingerprint density at radius 1 is 1.60 bits per heavy atom. The summed E-state index contributed by atoms with van der Waals surface area (Å²) in [4.78, 5) is 24.4. The van der Waals surface area contributed by atoms with Gasteiger partial charge in [-0.15, -0.1) is 12.6 Å². The van der Waals surface area contributed by atoms with Gasteiger partial charge in [0, 0.05) is 31.5 Å². The quantitative estimate of drug-likeness (QED) is 0.409. The molecule has 0 spiro atoms. The number of unbranched alkanes of at least 4 members (excludes halogenated alkanes) is 1. The summed E-state index contributed by atoms with van der Waals surface area (Å²) in [5, 5.41) is 5.99. The van der Waals surface area contributed by atoms with Gasteiger partial charge in [-0.3, -0.25) is 4.79 Å². The lowest BCUT2D eigenvalue weighted by Gasteiger charge is -2.39. The Balaban J connectivity index is 1.93. The zero-order valence-electron chi connectivity index (χ0n) is 12.2. The van der Waals surface area contributed by atoms with Gasteiger partial charge in [-0.05, 0) is 19.8 Å². The van der Waals surface area contributed by atoms with Gasteiger partial charge < -0.3 is 15.5 Å². The van der Waals surface area contributed by atoms with E-state index >= 15 is 0 Å². The molecule has 0 bridgehead atoms. The van der Waals surface area contributed by atoms with Crippen molar-refractivity contribution in [1.82, 2.24) is 15.5 Å². The van der Waals surface area contributed by atoms with Gasteiger partial charge in [0.05, 0.1) is 5.54 Å². The van der Waals surface area contributed by atoms with Gasteiger partial charge in [0.15, 0.2) is 0 Å². The van der Waals surface area contributed by atoms with Crippen LogP contribution in [0.5, 0.6) is 0 Å². The first kappa shape index (κ1) is 15.8. The second-order valence-corrected chi connectivity index (χ2v) is 7.64. The number of hydrogen-bond donors (Lipinski definition) is 3. The average molecular weight is 317 g/mol. The number of carbonyl (C=O) groups excluding carboxylic acids is 2. The van der Waals surface area contributed by atoms with Gasteiger partial charge in [-0.25, -0.2) is 4.79 Å². The Morgan fingerprint density at radius 2 is 2.30 bits per heavy atom. The summed E-state index contributed by atoms with van der Waals surface area (Å²) in [5.41, 5.74) is -0.280. The van der Waals surface area contributed by atoms with Crippen LogP contribution in [0.1, 0.15) is 32.6 Å². The van der Waals surface area contributed by atoms with Gasteiger partial charge in [0.25, 0.3) is 0 Å². The largest absolute Gasteiger partial charge is 0.359 e. The normalized spacial score (nSPS) is 35.9. The SMILES string of the molecule is CNC(=O)CCCCC1SC[C@]2(C)NC(=O)N(C)[C@]12S. The summed E-state index contributed by atoms with van der Waals surface area (Å²) in [6.07, 6.45) is 3.39. The Labute approximate surface area is 130 Å². The van der Waals surface area contributed by atoms with Gasteiger partial charge in [0.1, 0.15) is 4.87 Å². The number of rotatable bonds is 5. The number of carbonyl (C=O) groups is 2. The van der Waals surface area contributed by atoms with E-state index in [-0.39, 0.29) is 17.5 Å². The molecular formula is C13H23N3O2S2. The van der Waals surface area contributed by atoms with E-state index in [0.717, 1.165) is 25.0 Å². The highest BCUT2D eigenvalue weighted by Gasteiger charge is 2.64. The molecule has 7 heteroatoms. The lowest BCUT2D eigenvalue weighted by Crippen LogP contribution is -2.56. The molecule has 5 nitrogen and oxygen atoms in total. The highest BCUT2D eigenvalue weighted by atomic mass is 32.2. The van der Waals surface area contributed by atoms with Crippen LogP contribution in [-0.4, -0.2) is 52.3 Å². The van der Waals surface area contributed by atoms with Crippen LogP contribution >= 0.6 is 24.4 Å². The third-order valence-corrected chi connectivity index (χ3v) is 7.44. The molecule has 1 unspecified atom stereocenters. The van der Waals surface area contributed by atoms with Crippen molar-refractivity contribution in [3.05, 3.63) is 0 Å². The zero-order valence-corrected chi connectivity index (χ0v) is 13.9. The third kappa shape index (κ3) is 2.39. The average Bonchev–Trinajstić information content (AvgIpc) is 2.75. The summed E-state index contributed by atoms with van der Waals surface area (Å²) in [6, 6.07) is -0.0434. The minimum Gasteiger partial charge on any atom is -0.359 e. The molecule has 0 saturated carbocycles. The standard InChI is InChI=1S/C13H23N3O2S2/c1-12-8-20-9(6-4-5-7-10(17)14-2)13(12,19)16(3)11(18)15-12/h9,19H,4-8H2,1-3H3,(H,14,17)(H,15,18)/t9?,12-,13-/m0/s1. The van der Waals surface area contributed by atoms with Crippen LogP contribution in [0.15, 0.2) is 0 Å². The molecular weight excluding hydrogens is 294 g/mol. The van der Waals surface area contributed by atoms with Crippen LogP contribution in [0.3, 0.4) is 0 Å². The monoisotopic (exact) mass is 317 g/mol. The molecule has 114 valence electrons. The van der Waals surface area contributed by atoms with E-state index in [1.54, 1.807) is 11.9 Å². The van der Waals surface area contributed by atoms with Crippen LogP contribution in [0.4, 0.5) is 4.79 Å². The van der Waals surface area contributed by atoms with E-state index in [1.807, 2.05) is 18.8 Å². The Hall–Kier alpha value is -0.560. The Morgan fingerprint density at radius 3 is 2.95 bits per heavy atom. The maximum Gasteiger partial charge on any atom is 0.318 e. The molecule has 3 atom stereocenters. The first-order valence-electron chi connectivity index (χ1n) is 6.95. The van der Waals surface area contributed by atoms with E-state index in [2.05, 4.69) is 17.6 Å². The number of amides is 3. The molecule has 0 aromatic rings. The minimum atomic E-state index is -0.443. The molecule has 2 aliphatic rings. The summed E-state index contributed by atoms with van der Waals surface area (Å²) in [6.45, 7) is 2.07. The number of nitrogens with zero attached hydrogens (tertiary/aromatic N) is 1. The summed E-state index contributed by atoms with van der Waals surface area (Å²) < 4.78 is 0. The molecule has 3 amide bonds. The van der Waals surface area contributed by atoms with Crippen LogP contribution in [0.25, 0.3) is 0 Å². The number of urea groups is 1. The van der Waals surface area contributed by atoms with E-state index in [4.69, 9.17) is 12.6 Å². The van der Waals surface area contributed by atoms with Gasteiger partial charge >= 0.3 is 6.03 Å². The number of likely N-dealkylation sites (N-methyl/N-ethyl adjacent to an activating group) is 1. The van der Waals surface area contributed by atoms with Crippen molar-refractivity contribution in [3.8, 4) is 0 Å². The van der Waals surface area contributed by atoms with Crippen LogP contribution in [-0.2, 0) is 4.79 Å². The number of thioether (sulfide) groups is 1. The van der Waals surface area contributed by atoms with Crippen molar-refractivity contribution in [2.75, 3.05) is 19.8 Å². The fraction of sp³-hybridized carbons (Fsp3) is 0.846. The molecule has 2 saturated heterocycles. The fourth-order valence-electron chi connectivity index (χ4n) is 3.06. The first-order chi connectivity index (χ1) is 9.35. The molecule has 0 radical (unpaired) electrons. The molecule has 2 aliphatic heterocycles. The van der Waals surface area contributed by atoms with Gasteiger partial charge in [-0.1, -0.05) is 6.42 Å². The fourth-order valence-corrected chi connectivity index (χ4v) is 5.55. The lowest BCUT2D eigenvalue weighted by atomic mass is 9.90. The van der Waals surface area contributed by atoms with Crippen molar-refractivity contribution < 1.29 is 9.59 Å². The van der Waals surface area contributed by atoms with Crippen molar-refractivity contribution in [1.29, 1.82) is 0 Å². The zero-order chi connectivity index (χ0) is 15.0. The Bertz CT molecular complexity index is 420. The van der Waals surface area contributed by atoms with Crippen molar-refractivity contribution >= 4 is 36.3 Å². The number of hydrogen-bond acceptors (Lipinski definition) is 4. The molecule has 0 aromatic carbocycles. The predicted octanol–water partition coefficient (Wildman–Crippen LogP) is 1.45. The van der Waals surface area contributed by atoms with Crippen molar-refractivity contribution in [2.24, 2.45) is 0 Å². The molecule has 0 aliphatic carbocycles. The molecule has 0 aromatic heterocycles. The molecule has 2 heterocycles. The second kappa shape index (κ2) is 5.67.